The average molecular weight is 390 g/mol. The van der Waals surface area contributed by atoms with Crippen molar-refractivity contribution in [3.63, 3.8) is 0 Å². The van der Waals surface area contributed by atoms with E-state index in [2.05, 4.69) is 5.32 Å². The van der Waals surface area contributed by atoms with Gasteiger partial charge in [-0.05, 0) is 42.3 Å². The Labute approximate surface area is 165 Å². The molecule has 3 N–H and O–H groups in total. The van der Waals surface area contributed by atoms with E-state index in [0.29, 0.717) is 37.6 Å². The van der Waals surface area contributed by atoms with Crippen LogP contribution in [-0.4, -0.2) is 31.5 Å². The highest BCUT2D eigenvalue weighted by Crippen LogP contribution is 2.27. The second-order valence-corrected chi connectivity index (χ2v) is 6.13. The van der Waals surface area contributed by atoms with Crippen LogP contribution in [-0.2, 0) is 16.0 Å². The van der Waals surface area contributed by atoms with Crippen LogP contribution in [0, 0.1) is 0 Å². The Kier molecular flexibility index (Phi) is 7.64. The fourth-order valence-corrected chi connectivity index (χ4v) is 2.99. The number of halogens is 1. The minimum Gasteiger partial charge on any atom is -0.492 e. The highest BCUT2D eigenvalue weighted by atomic mass is 35.5. The van der Waals surface area contributed by atoms with E-state index in [9.17, 15) is 9.59 Å². The van der Waals surface area contributed by atoms with Crippen molar-refractivity contribution in [2.24, 2.45) is 5.73 Å². The summed E-state index contributed by atoms with van der Waals surface area (Å²) in [5.74, 6) is 0.651. The van der Waals surface area contributed by atoms with Gasteiger partial charge in [-0.1, -0.05) is 18.2 Å². The van der Waals surface area contributed by atoms with Crippen molar-refractivity contribution in [1.29, 1.82) is 0 Å². The molecule has 0 unspecified atom stereocenters. The summed E-state index contributed by atoms with van der Waals surface area (Å²) >= 11 is 0. The van der Waals surface area contributed by atoms with Crippen molar-refractivity contribution in [2.45, 2.75) is 19.3 Å². The summed E-state index contributed by atoms with van der Waals surface area (Å²) in [6.07, 6.45) is 1.49. The van der Waals surface area contributed by atoms with Gasteiger partial charge in [0.05, 0.1) is 0 Å². The lowest BCUT2D eigenvalue weighted by molar-refractivity contribution is -0.119. The molecule has 7 heteroatoms. The second-order valence-electron chi connectivity index (χ2n) is 6.13. The van der Waals surface area contributed by atoms with E-state index in [1.807, 2.05) is 24.3 Å². The highest BCUT2D eigenvalue weighted by Gasteiger charge is 2.23. The monoisotopic (exact) mass is 389 g/mol. The molecule has 3 rings (SSSR count). The number of nitrogens with one attached hydrogen (secondary N) is 1. The van der Waals surface area contributed by atoms with Crippen LogP contribution in [0.3, 0.4) is 0 Å². The van der Waals surface area contributed by atoms with E-state index in [1.54, 1.807) is 29.2 Å². The molecule has 0 bridgehead atoms. The molecule has 2 aromatic rings. The molecule has 1 heterocycles. The molecule has 0 fully saturated rings. The smallest absolute Gasteiger partial charge is 0.227 e. The van der Waals surface area contributed by atoms with E-state index in [-0.39, 0.29) is 30.6 Å². The summed E-state index contributed by atoms with van der Waals surface area (Å²) in [5, 5.41) is 2.85. The van der Waals surface area contributed by atoms with Crippen LogP contribution in [0.5, 0.6) is 5.75 Å². The molecule has 6 nitrogen and oxygen atoms in total. The van der Waals surface area contributed by atoms with E-state index >= 15 is 0 Å². The van der Waals surface area contributed by atoms with E-state index in [0.717, 1.165) is 17.7 Å². The Morgan fingerprint density at radius 1 is 1.11 bits per heavy atom. The van der Waals surface area contributed by atoms with E-state index < -0.39 is 0 Å². The number of ether oxygens (including phenoxy) is 1. The zero-order valence-electron chi connectivity index (χ0n) is 15.0. The number of aryl methyl sites for hydroxylation is 1. The van der Waals surface area contributed by atoms with Crippen molar-refractivity contribution in [3.05, 3.63) is 54.1 Å². The Morgan fingerprint density at radius 3 is 2.59 bits per heavy atom. The molecule has 0 radical (unpaired) electrons. The molecule has 1 aliphatic heterocycles. The third kappa shape index (κ3) is 5.45. The van der Waals surface area contributed by atoms with Crippen LogP contribution < -0.4 is 20.7 Å². The molecule has 0 saturated carbocycles. The second kappa shape index (κ2) is 9.94. The number of carbonyl (C=O) groups excluding carboxylic acids is 2. The molecule has 0 aromatic heterocycles. The predicted molar refractivity (Wildman–Crippen MR) is 109 cm³/mol. The van der Waals surface area contributed by atoms with Crippen LogP contribution in [0.25, 0.3) is 0 Å². The fourth-order valence-electron chi connectivity index (χ4n) is 2.99. The molecule has 0 spiro atoms. The minimum absolute atomic E-state index is 0. The van der Waals surface area contributed by atoms with Crippen molar-refractivity contribution >= 4 is 35.6 Å². The maximum Gasteiger partial charge on any atom is 0.227 e. The number of amides is 2. The van der Waals surface area contributed by atoms with Gasteiger partial charge in [-0.2, -0.15) is 0 Å². The number of fused-ring (bicyclic) bond motifs is 1. The topological polar surface area (TPSA) is 84.7 Å². The average Bonchev–Trinajstić information content (AvgIpc) is 2.66. The number of benzene rings is 2. The summed E-state index contributed by atoms with van der Waals surface area (Å²) in [4.78, 5) is 26.2. The van der Waals surface area contributed by atoms with Gasteiger partial charge in [-0.3, -0.25) is 9.59 Å². The predicted octanol–water partition coefficient (Wildman–Crippen LogP) is 2.75. The first-order valence-electron chi connectivity index (χ1n) is 8.78. The summed E-state index contributed by atoms with van der Waals surface area (Å²) in [6, 6.07) is 15.0. The Balaban J connectivity index is 0.00000261. The van der Waals surface area contributed by atoms with Gasteiger partial charge in [-0.25, -0.2) is 0 Å². The van der Waals surface area contributed by atoms with Gasteiger partial charge in [0.15, 0.2) is 0 Å². The quantitative estimate of drug-likeness (QED) is 0.762. The number of nitrogens with two attached hydrogens (primary N) is 1. The lowest BCUT2D eigenvalue weighted by Crippen LogP contribution is -2.37. The largest absolute Gasteiger partial charge is 0.492 e. The molecule has 27 heavy (non-hydrogen) atoms. The third-order valence-corrected chi connectivity index (χ3v) is 4.28. The van der Waals surface area contributed by atoms with Crippen molar-refractivity contribution in [2.75, 3.05) is 29.9 Å². The molecule has 2 aromatic carbocycles. The first kappa shape index (κ1) is 20.7. The zero-order valence-corrected chi connectivity index (χ0v) is 15.8. The molecule has 2 amide bonds. The SMILES string of the molecule is Cl.NCCOc1ccc(NC(=O)CCN2C(=O)CCc3ccccc32)cc1. The highest BCUT2D eigenvalue weighted by molar-refractivity contribution is 5.98. The van der Waals surface area contributed by atoms with Gasteiger partial charge in [0, 0.05) is 37.3 Å². The summed E-state index contributed by atoms with van der Waals surface area (Å²) in [6.45, 7) is 1.28. The number of hydrogen-bond donors (Lipinski definition) is 2. The maximum atomic E-state index is 12.2. The lowest BCUT2D eigenvalue weighted by Gasteiger charge is -2.29. The molecule has 144 valence electrons. The van der Waals surface area contributed by atoms with Crippen LogP contribution in [0.4, 0.5) is 11.4 Å². The van der Waals surface area contributed by atoms with E-state index in [1.165, 1.54) is 0 Å². The molecular weight excluding hydrogens is 366 g/mol. The number of hydrogen-bond acceptors (Lipinski definition) is 4. The Hall–Kier alpha value is -2.57. The van der Waals surface area contributed by atoms with Gasteiger partial charge in [0.2, 0.25) is 11.8 Å². The van der Waals surface area contributed by atoms with Gasteiger partial charge in [0.1, 0.15) is 12.4 Å². The standard InChI is InChI=1S/C20H23N3O3.ClH/c21-12-14-26-17-8-6-16(7-9-17)22-19(24)11-13-23-18-4-2-1-3-15(18)5-10-20(23)25;/h1-4,6-9H,5,10-14,21H2,(H,22,24);1H. The Bertz CT molecular complexity index is 780. The van der Waals surface area contributed by atoms with Crippen molar-refractivity contribution < 1.29 is 14.3 Å². The lowest BCUT2D eigenvalue weighted by atomic mass is 10.0. The molecule has 0 atom stereocenters. The van der Waals surface area contributed by atoms with Gasteiger partial charge >= 0.3 is 0 Å². The molecule has 0 saturated heterocycles. The number of para-hydroxylation sites is 1. The Morgan fingerprint density at radius 2 is 1.85 bits per heavy atom. The number of anilines is 2. The molecule has 1 aliphatic rings. The van der Waals surface area contributed by atoms with Crippen LogP contribution in [0.1, 0.15) is 18.4 Å². The zero-order chi connectivity index (χ0) is 18.4. The molecule has 0 aliphatic carbocycles. The number of nitrogens with zero attached hydrogens (tertiary/aromatic N) is 1. The van der Waals surface area contributed by atoms with Gasteiger partial charge in [-0.15, -0.1) is 12.4 Å². The summed E-state index contributed by atoms with van der Waals surface area (Å²) < 4.78 is 5.41. The minimum atomic E-state index is -0.128. The van der Waals surface area contributed by atoms with Gasteiger partial charge in [0.25, 0.3) is 0 Å². The normalized spacial score (nSPS) is 12.8. The first-order chi connectivity index (χ1) is 12.7. The van der Waals surface area contributed by atoms with E-state index in [4.69, 9.17) is 10.5 Å². The number of carbonyl (C=O) groups is 2. The van der Waals surface area contributed by atoms with Crippen molar-refractivity contribution in [3.8, 4) is 5.75 Å². The summed E-state index contributed by atoms with van der Waals surface area (Å²) in [5.41, 5.74) is 8.16. The fraction of sp³-hybridized carbons (Fsp3) is 0.300. The van der Waals surface area contributed by atoms with Crippen LogP contribution in [0.15, 0.2) is 48.5 Å². The van der Waals surface area contributed by atoms with Gasteiger partial charge < -0.3 is 20.7 Å². The molecular formula is C20H24ClN3O3. The third-order valence-electron chi connectivity index (χ3n) is 4.28. The van der Waals surface area contributed by atoms with Crippen molar-refractivity contribution in [1.82, 2.24) is 0 Å². The van der Waals surface area contributed by atoms with Crippen LogP contribution >= 0.6 is 12.4 Å². The van der Waals surface area contributed by atoms with Crippen LogP contribution in [0.2, 0.25) is 0 Å². The maximum absolute atomic E-state index is 12.2. The number of rotatable bonds is 7. The summed E-state index contributed by atoms with van der Waals surface area (Å²) in [7, 11) is 0. The first-order valence-corrected chi connectivity index (χ1v) is 8.78.